The number of allylic oxidation sites excluding steroid dienone is 2. The van der Waals surface area contributed by atoms with E-state index in [0.29, 0.717) is 25.6 Å². The summed E-state index contributed by atoms with van der Waals surface area (Å²) >= 11 is 0. The van der Waals surface area contributed by atoms with Crippen LogP contribution in [0.2, 0.25) is 0 Å². The van der Waals surface area contributed by atoms with Crippen molar-refractivity contribution in [2.24, 2.45) is 28.7 Å². The number of aryl methyl sites for hydroxylation is 1. The summed E-state index contributed by atoms with van der Waals surface area (Å²) in [6.07, 6.45) is 5.97. The van der Waals surface area contributed by atoms with Gasteiger partial charge in [0.25, 0.3) is 0 Å². The summed E-state index contributed by atoms with van der Waals surface area (Å²) in [5.41, 5.74) is 2.55. The number of hydrogen-bond acceptors (Lipinski definition) is 3. The van der Waals surface area contributed by atoms with Gasteiger partial charge in [0.2, 0.25) is 11.8 Å². The number of aliphatic imine (C=N–C) groups is 1. The molecule has 1 aromatic carbocycles. The average molecular weight is 423 g/mol. The Labute approximate surface area is 185 Å². The molecule has 2 amide bonds. The number of guanidine groups is 1. The van der Waals surface area contributed by atoms with E-state index in [1.165, 1.54) is 16.0 Å². The SMILES string of the molecule is CCNC(=NCC(C)c1cccc(C)c1)NCCCN1C(=O)C2C3C=CC(C3)C2C1=O. The van der Waals surface area contributed by atoms with Crippen molar-refractivity contribution in [3.8, 4) is 0 Å². The first-order chi connectivity index (χ1) is 15.0. The first kappa shape index (κ1) is 21.6. The molecule has 0 spiro atoms. The zero-order chi connectivity index (χ0) is 22.0. The van der Waals surface area contributed by atoms with Crippen molar-refractivity contribution in [2.45, 2.75) is 39.5 Å². The van der Waals surface area contributed by atoms with Crippen LogP contribution in [0.3, 0.4) is 0 Å². The molecule has 1 saturated heterocycles. The van der Waals surface area contributed by atoms with Gasteiger partial charge in [-0.15, -0.1) is 0 Å². The fourth-order valence-electron chi connectivity index (χ4n) is 5.28. The lowest BCUT2D eigenvalue weighted by molar-refractivity contribution is -0.140. The van der Waals surface area contributed by atoms with Crippen LogP contribution in [0, 0.1) is 30.6 Å². The summed E-state index contributed by atoms with van der Waals surface area (Å²) in [5, 5.41) is 6.63. The van der Waals surface area contributed by atoms with Gasteiger partial charge in [-0.25, -0.2) is 0 Å². The van der Waals surface area contributed by atoms with Gasteiger partial charge in [0, 0.05) is 32.1 Å². The fraction of sp³-hybridized carbons (Fsp3) is 0.560. The first-order valence-corrected chi connectivity index (χ1v) is 11.6. The lowest BCUT2D eigenvalue weighted by Gasteiger charge is -2.18. The lowest BCUT2D eigenvalue weighted by Crippen LogP contribution is -2.40. The van der Waals surface area contributed by atoms with Crippen LogP contribution in [0.15, 0.2) is 41.4 Å². The van der Waals surface area contributed by atoms with Crippen molar-refractivity contribution in [3.63, 3.8) is 0 Å². The summed E-state index contributed by atoms with van der Waals surface area (Å²) in [6, 6.07) is 8.55. The second-order valence-electron chi connectivity index (χ2n) is 9.14. The minimum absolute atomic E-state index is 0.0411. The van der Waals surface area contributed by atoms with Gasteiger partial charge in [0.05, 0.1) is 11.8 Å². The number of fused-ring (bicyclic) bond motifs is 5. The Morgan fingerprint density at radius 2 is 1.87 bits per heavy atom. The Balaban J connectivity index is 1.26. The summed E-state index contributed by atoms with van der Waals surface area (Å²) in [5.74, 6) is 1.54. The van der Waals surface area contributed by atoms with E-state index in [1.54, 1.807) is 0 Å². The number of benzene rings is 1. The highest BCUT2D eigenvalue weighted by atomic mass is 16.2. The zero-order valence-corrected chi connectivity index (χ0v) is 18.8. The van der Waals surface area contributed by atoms with Gasteiger partial charge in [-0.3, -0.25) is 19.5 Å². The van der Waals surface area contributed by atoms with Crippen LogP contribution in [0.4, 0.5) is 0 Å². The highest BCUT2D eigenvalue weighted by Crippen LogP contribution is 2.52. The Morgan fingerprint density at radius 1 is 1.16 bits per heavy atom. The second kappa shape index (κ2) is 9.25. The molecule has 6 nitrogen and oxygen atoms in total. The second-order valence-corrected chi connectivity index (χ2v) is 9.14. The minimum atomic E-state index is -0.0996. The molecule has 0 radical (unpaired) electrons. The van der Waals surface area contributed by atoms with Crippen molar-refractivity contribution in [1.29, 1.82) is 0 Å². The molecular weight excluding hydrogens is 388 g/mol. The molecule has 0 aromatic heterocycles. The zero-order valence-electron chi connectivity index (χ0n) is 18.8. The number of hydrogen-bond donors (Lipinski definition) is 2. The highest BCUT2D eigenvalue weighted by molar-refractivity contribution is 6.06. The molecule has 1 saturated carbocycles. The van der Waals surface area contributed by atoms with E-state index in [2.05, 4.69) is 60.9 Å². The number of carbonyl (C=O) groups excluding carboxylic acids is 2. The van der Waals surface area contributed by atoms with Crippen molar-refractivity contribution in [2.75, 3.05) is 26.2 Å². The predicted molar refractivity (Wildman–Crippen MR) is 123 cm³/mol. The smallest absolute Gasteiger partial charge is 0.233 e. The van der Waals surface area contributed by atoms with Crippen LogP contribution in [-0.2, 0) is 9.59 Å². The topological polar surface area (TPSA) is 73.8 Å². The van der Waals surface area contributed by atoms with Crippen LogP contribution in [0.5, 0.6) is 0 Å². The molecule has 31 heavy (non-hydrogen) atoms. The van der Waals surface area contributed by atoms with Gasteiger partial charge in [0.15, 0.2) is 5.96 Å². The summed E-state index contributed by atoms with van der Waals surface area (Å²) in [6.45, 7) is 8.97. The van der Waals surface area contributed by atoms with E-state index in [9.17, 15) is 9.59 Å². The molecule has 2 N–H and O–H groups in total. The molecule has 4 rings (SSSR count). The van der Waals surface area contributed by atoms with Crippen LogP contribution in [-0.4, -0.2) is 48.9 Å². The van der Waals surface area contributed by atoms with Crippen LogP contribution < -0.4 is 10.6 Å². The Morgan fingerprint density at radius 3 is 2.52 bits per heavy atom. The van der Waals surface area contributed by atoms with Gasteiger partial charge in [-0.1, -0.05) is 48.9 Å². The molecule has 1 aliphatic heterocycles. The molecule has 1 heterocycles. The van der Waals surface area contributed by atoms with E-state index < -0.39 is 0 Å². The molecule has 2 fully saturated rings. The molecule has 1 aromatic rings. The minimum Gasteiger partial charge on any atom is -0.357 e. The quantitative estimate of drug-likeness (QED) is 0.222. The Bertz CT molecular complexity index is 863. The van der Waals surface area contributed by atoms with E-state index in [0.717, 1.165) is 25.3 Å². The standard InChI is InChI=1S/C25H34N4O2/c1-4-26-25(28-15-17(3)18-8-5-7-16(2)13-18)27-11-6-12-29-23(30)21-19-9-10-20(14-19)22(21)24(29)31/h5,7-10,13,17,19-22H,4,6,11-12,14-15H2,1-3H3,(H2,26,27,28). The van der Waals surface area contributed by atoms with E-state index in [4.69, 9.17) is 4.99 Å². The van der Waals surface area contributed by atoms with Gasteiger partial charge >= 0.3 is 0 Å². The third-order valence-corrected chi connectivity index (χ3v) is 6.89. The van der Waals surface area contributed by atoms with E-state index >= 15 is 0 Å². The van der Waals surface area contributed by atoms with Gasteiger partial charge in [0.1, 0.15) is 0 Å². The maximum absolute atomic E-state index is 12.8. The number of nitrogens with one attached hydrogen (secondary N) is 2. The molecule has 5 atom stereocenters. The third-order valence-electron chi connectivity index (χ3n) is 6.89. The van der Waals surface area contributed by atoms with E-state index in [1.807, 2.05) is 6.92 Å². The van der Waals surface area contributed by atoms with Crippen molar-refractivity contribution in [3.05, 3.63) is 47.5 Å². The van der Waals surface area contributed by atoms with Crippen LogP contribution in [0.25, 0.3) is 0 Å². The summed E-state index contributed by atoms with van der Waals surface area (Å²) in [4.78, 5) is 31.8. The summed E-state index contributed by atoms with van der Waals surface area (Å²) in [7, 11) is 0. The Kier molecular flexibility index (Phi) is 6.44. The molecule has 3 aliphatic rings. The van der Waals surface area contributed by atoms with E-state index in [-0.39, 0.29) is 35.5 Å². The number of imide groups is 1. The lowest BCUT2D eigenvalue weighted by atomic mass is 9.85. The number of carbonyl (C=O) groups is 2. The Hall–Kier alpha value is -2.63. The first-order valence-electron chi connectivity index (χ1n) is 11.6. The molecule has 2 aliphatic carbocycles. The maximum atomic E-state index is 12.8. The van der Waals surface area contributed by atoms with Crippen LogP contribution >= 0.6 is 0 Å². The highest BCUT2D eigenvalue weighted by Gasteiger charge is 2.58. The van der Waals surface area contributed by atoms with Crippen molar-refractivity contribution in [1.82, 2.24) is 15.5 Å². The molecular formula is C25H34N4O2. The number of amides is 2. The number of likely N-dealkylation sites (tertiary alicyclic amines) is 1. The van der Waals surface area contributed by atoms with Crippen molar-refractivity contribution >= 4 is 17.8 Å². The maximum Gasteiger partial charge on any atom is 0.233 e. The monoisotopic (exact) mass is 422 g/mol. The third kappa shape index (κ3) is 4.39. The molecule has 6 heteroatoms. The van der Waals surface area contributed by atoms with Gasteiger partial charge in [-0.2, -0.15) is 0 Å². The molecule has 2 bridgehead atoms. The molecule has 5 unspecified atom stereocenters. The van der Waals surface area contributed by atoms with Crippen molar-refractivity contribution < 1.29 is 9.59 Å². The van der Waals surface area contributed by atoms with Crippen LogP contribution in [0.1, 0.15) is 43.7 Å². The average Bonchev–Trinajstić information content (AvgIpc) is 3.44. The number of nitrogens with zero attached hydrogens (tertiary/aromatic N) is 2. The normalized spacial score (nSPS) is 27.7. The largest absolute Gasteiger partial charge is 0.357 e. The van der Waals surface area contributed by atoms with Gasteiger partial charge in [-0.05, 0) is 44.1 Å². The molecule has 166 valence electrons. The van der Waals surface area contributed by atoms with Gasteiger partial charge < -0.3 is 10.6 Å². The predicted octanol–water partition coefficient (Wildman–Crippen LogP) is 2.85. The fourth-order valence-corrected chi connectivity index (χ4v) is 5.28. The summed E-state index contributed by atoms with van der Waals surface area (Å²) < 4.78 is 0. The number of rotatable bonds is 8.